The van der Waals surface area contributed by atoms with E-state index in [-0.39, 0.29) is 0 Å². The summed E-state index contributed by atoms with van der Waals surface area (Å²) in [5.41, 5.74) is 5.14. The van der Waals surface area contributed by atoms with Gasteiger partial charge in [-0.1, -0.05) is 68.3 Å². The quantitative estimate of drug-likeness (QED) is 0.662. The molecule has 21 heavy (non-hydrogen) atoms. The smallest absolute Gasteiger partial charge is 0.127 e. The molecule has 108 valence electrons. The number of rotatable bonds is 4. The van der Waals surface area contributed by atoms with Crippen LogP contribution < -0.4 is 4.74 Å². The molecule has 2 aromatic carbocycles. The fourth-order valence-corrected chi connectivity index (χ4v) is 2.89. The summed E-state index contributed by atoms with van der Waals surface area (Å²) in [5, 5.41) is 0. The zero-order chi connectivity index (χ0) is 14.5. The van der Waals surface area contributed by atoms with Crippen LogP contribution in [0.4, 0.5) is 0 Å². The van der Waals surface area contributed by atoms with Crippen LogP contribution >= 0.6 is 0 Å². The molecular weight excluding hydrogens is 256 g/mol. The van der Waals surface area contributed by atoms with Gasteiger partial charge < -0.3 is 4.74 Å². The summed E-state index contributed by atoms with van der Waals surface area (Å²) in [4.78, 5) is 0. The van der Waals surface area contributed by atoms with Gasteiger partial charge in [-0.05, 0) is 35.6 Å². The van der Waals surface area contributed by atoms with E-state index in [2.05, 4.69) is 55.5 Å². The molecule has 1 nitrogen and oxygen atoms in total. The van der Waals surface area contributed by atoms with Crippen molar-refractivity contribution in [2.45, 2.75) is 39.2 Å². The predicted octanol–water partition coefficient (Wildman–Crippen LogP) is 5.59. The minimum Gasteiger partial charge on any atom is -0.488 e. The Morgan fingerprint density at radius 3 is 2.57 bits per heavy atom. The second-order valence-electron chi connectivity index (χ2n) is 5.56. The highest BCUT2D eigenvalue weighted by molar-refractivity contribution is 5.84. The average molecular weight is 278 g/mol. The lowest BCUT2D eigenvalue weighted by Crippen LogP contribution is -1.94. The minimum absolute atomic E-state index is 0.652. The van der Waals surface area contributed by atoms with E-state index in [1.165, 1.54) is 41.5 Å². The molecule has 0 atom stereocenters. The van der Waals surface area contributed by atoms with Gasteiger partial charge in [0.2, 0.25) is 0 Å². The number of fused-ring (bicyclic) bond motifs is 2. The van der Waals surface area contributed by atoms with Gasteiger partial charge in [0.05, 0.1) is 0 Å². The SMILES string of the molecule is CCCCC/C=C1/c2ccccc2COc2ccccc21. The fraction of sp³-hybridized carbons (Fsp3) is 0.300. The first kappa shape index (κ1) is 13.9. The van der Waals surface area contributed by atoms with Crippen molar-refractivity contribution in [3.8, 4) is 5.75 Å². The molecule has 0 radical (unpaired) electrons. The van der Waals surface area contributed by atoms with Crippen LogP contribution in [0.1, 0.15) is 49.3 Å². The van der Waals surface area contributed by atoms with Crippen LogP contribution in [0.2, 0.25) is 0 Å². The molecule has 0 unspecified atom stereocenters. The lowest BCUT2D eigenvalue weighted by Gasteiger charge is -2.10. The van der Waals surface area contributed by atoms with Crippen molar-refractivity contribution in [1.82, 2.24) is 0 Å². The molecule has 1 heteroatoms. The van der Waals surface area contributed by atoms with Crippen LogP contribution in [-0.4, -0.2) is 0 Å². The number of benzene rings is 2. The molecule has 0 N–H and O–H groups in total. The second kappa shape index (κ2) is 6.62. The number of para-hydroxylation sites is 1. The Morgan fingerprint density at radius 1 is 0.952 bits per heavy atom. The summed E-state index contributed by atoms with van der Waals surface area (Å²) in [6, 6.07) is 17.0. The molecule has 1 aliphatic heterocycles. The van der Waals surface area contributed by atoms with Crippen molar-refractivity contribution in [1.29, 1.82) is 0 Å². The van der Waals surface area contributed by atoms with Crippen LogP contribution in [0.25, 0.3) is 5.57 Å². The minimum atomic E-state index is 0.652. The first-order valence-electron chi connectivity index (χ1n) is 7.91. The Hall–Kier alpha value is -2.02. The van der Waals surface area contributed by atoms with Crippen LogP contribution in [0.15, 0.2) is 54.6 Å². The van der Waals surface area contributed by atoms with Gasteiger partial charge in [-0.2, -0.15) is 0 Å². The Balaban J connectivity index is 2.03. The van der Waals surface area contributed by atoms with Crippen LogP contribution in [0.3, 0.4) is 0 Å². The van der Waals surface area contributed by atoms with Gasteiger partial charge in [-0.25, -0.2) is 0 Å². The fourth-order valence-electron chi connectivity index (χ4n) is 2.89. The van der Waals surface area contributed by atoms with Crippen molar-refractivity contribution < 1.29 is 4.74 Å². The molecule has 0 saturated heterocycles. The zero-order valence-corrected chi connectivity index (χ0v) is 12.6. The van der Waals surface area contributed by atoms with Crippen molar-refractivity contribution in [2.24, 2.45) is 0 Å². The van der Waals surface area contributed by atoms with Crippen LogP contribution in [0, 0.1) is 0 Å². The maximum Gasteiger partial charge on any atom is 0.127 e. The van der Waals surface area contributed by atoms with Gasteiger partial charge in [-0.15, -0.1) is 0 Å². The molecule has 0 amide bonds. The monoisotopic (exact) mass is 278 g/mol. The molecule has 2 aromatic rings. The number of ether oxygens (including phenoxy) is 1. The van der Waals surface area contributed by atoms with Crippen molar-refractivity contribution in [3.63, 3.8) is 0 Å². The van der Waals surface area contributed by atoms with Crippen molar-refractivity contribution in [3.05, 3.63) is 71.3 Å². The maximum atomic E-state index is 5.99. The summed E-state index contributed by atoms with van der Waals surface area (Å²) in [5.74, 6) is 0.996. The number of hydrogen-bond donors (Lipinski definition) is 0. The number of hydrogen-bond acceptors (Lipinski definition) is 1. The predicted molar refractivity (Wildman–Crippen MR) is 88.4 cm³/mol. The second-order valence-corrected chi connectivity index (χ2v) is 5.56. The average Bonchev–Trinajstić information content (AvgIpc) is 2.69. The van der Waals surface area contributed by atoms with Crippen molar-refractivity contribution in [2.75, 3.05) is 0 Å². The molecule has 0 aliphatic carbocycles. The standard InChI is InChI=1S/C20H22O/c1-2-3-4-5-12-18-17-11-7-6-10-16(17)15-21-20-14-9-8-13-19(18)20/h6-14H,2-5,15H2,1H3/b18-12-. The third-order valence-electron chi connectivity index (χ3n) is 4.02. The van der Waals surface area contributed by atoms with Crippen LogP contribution in [-0.2, 0) is 6.61 Å². The Bertz CT molecular complexity index is 590. The largest absolute Gasteiger partial charge is 0.488 e. The van der Waals surface area contributed by atoms with E-state index in [4.69, 9.17) is 4.74 Å². The first-order chi connectivity index (χ1) is 10.4. The Morgan fingerprint density at radius 2 is 1.71 bits per heavy atom. The van der Waals surface area contributed by atoms with E-state index in [9.17, 15) is 0 Å². The number of unbranched alkanes of at least 4 members (excludes halogenated alkanes) is 3. The normalized spacial score (nSPS) is 15.0. The molecule has 0 saturated carbocycles. The Kier molecular flexibility index (Phi) is 4.40. The van der Waals surface area contributed by atoms with Crippen LogP contribution in [0.5, 0.6) is 5.75 Å². The zero-order valence-electron chi connectivity index (χ0n) is 12.6. The van der Waals surface area contributed by atoms with E-state index in [1.54, 1.807) is 0 Å². The van der Waals surface area contributed by atoms with E-state index in [1.807, 2.05) is 6.07 Å². The van der Waals surface area contributed by atoms with Gasteiger partial charge in [0.1, 0.15) is 12.4 Å². The molecule has 0 aromatic heterocycles. The molecule has 0 bridgehead atoms. The molecular formula is C20H22O. The van der Waals surface area contributed by atoms with Gasteiger partial charge in [0.25, 0.3) is 0 Å². The highest BCUT2D eigenvalue weighted by Crippen LogP contribution is 2.36. The number of allylic oxidation sites excluding steroid dienone is 1. The summed E-state index contributed by atoms with van der Waals surface area (Å²) in [6.07, 6.45) is 7.34. The highest BCUT2D eigenvalue weighted by Gasteiger charge is 2.17. The lowest BCUT2D eigenvalue weighted by molar-refractivity contribution is 0.307. The van der Waals surface area contributed by atoms with E-state index in [0.29, 0.717) is 6.61 Å². The first-order valence-corrected chi connectivity index (χ1v) is 7.91. The molecule has 0 fully saturated rings. The molecule has 1 aliphatic rings. The third kappa shape index (κ3) is 3.02. The molecule has 0 spiro atoms. The highest BCUT2D eigenvalue weighted by atomic mass is 16.5. The Labute approximate surface area is 127 Å². The van der Waals surface area contributed by atoms with Gasteiger partial charge >= 0.3 is 0 Å². The topological polar surface area (TPSA) is 9.23 Å². The van der Waals surface area contributed by atoms with E-state index in [0.717, 1.165) is 12.2 Å². The van der Waals surface area contributed by atoms with Crippen molar-refractivity contribution >= 4 is 5.57 Å². The van der Waals surface area contributed by atoms with E-state index >= 15 is 0 Å². The summed E-state index contributed by atoms with van der Waals surface area (Å²) < 4.78 is 5.99. The van der Waals surface area contributed by atoms with Gasteiger partial charge in [-0.3, -0.25) is 0 Å². The summed E-state index contributed by atoms with van der Waals surface area (Å²) >= 11 is 0. The lowest BCUT2D eigenvalue weighted by atomic mass is 9.93. The maximum absolute atomic E-state index is 5.99. The molecule has 3 rings (SSSR count). The van der Waals surface area contributed by atoms with E-state index < -0.39 is 0 Å². The third-order valence-corrected chi connectivity index (χ3v) is 4.02. The molecule has 1 heterocycles. The summed E-state index contributed by atoms with van der Waals surface area (Å²) in [7, 11) is 0. The van der Waals surface area contributed by atoms with Gasteiger partial charge in [0.15, 0.2) is 0 Å². The van der Waals surface area contributed by atoms with Gasteiger partial charge in [0, 0.05) is 5.56 Å². The summed E-state index contributed by atoms with van der Waals surface area (Å²) in [6.45, 7) is 2.90.